The van der Waals surface area contributed by atoms with Gasteiger partial charge >= 0.3 is 5.97 Å². The van der Waals surface area contributed by atoms with E-state index in [0.29, 0.717) is 16.5 Å². The lowest BCUT2D eigenvalue weighted by Crippen LogP contribution is -2.47. The molecule has 2 fully saturated rings. The zero-order valence-electron chi connectivity index (χ0n) is 17.9. The summed E-state index contributed by atoms with van der Waals surface area (Å²) in [6.45, 7) is 2.20. The summed E-state index contributed by atoms with van der Waals surface area (Å²) in [5.41, 5.74) is 1.71. The molecular formula is C24H30N2O4S. The van der Waals surface area contributed by atoms with Gasteiger partial charge in [-0.05, 0) is 68.3 Å². The summed E-state index contributed by atoms with van der Waals surface area (Å²) in [5, 5.41) is 16.5. The second-order valence-corrected chi connectivity index (χ2v) is 10.7. The Kier molecular flexibility index (Phi) is 5.40. The molecule has 0 spiro atoms. The maximum atomic E-state index is 13.4. The average Bonchev–Trinajstić information content (AvgIpc) is 3.51. The van der Waals surface area contributed by atoms with Crippen molar-refractivity contribution in [3.8, 4) is 0 Å². The number of carbonyl (C=O) groups excluding carboxylic acids is 2. The normalized spacial score (nSPS) is 31.2. The fourth-order valence-electron chi connectivity index (χ4n) is 5.70. The Morgan fingerprint density at radius 2 is 1.77 bits per heavy atom. The maximum Gasteiger partial charge on any atom is 0.307 e. The monoisotopic (exact) mass is 442 g/mol. The van der Waals surface area contributed by atoms with E-state index < -0.39 is 17.8 Å². The highest BCUT2D eigenvalue weighted by Gasteiger charge is 2.48. The van der Waals surface area contributed by atoms with E-state index >= 15 is 0 Å². The summed E-state index contributed by atoms with van der Waals surface area (Å²) in [5.74, 6) is -2.03. The standard InChI is InChI=1S/C24H30N2O4S/c1-2-12-3-10-16-17(11-12)31-23(20(16)22(28)25-15-8-9-15)26-21(27)18-13-4-6-14(7-5-13)19(18)24(29)30/h4,6,12-15,18-19H,2-3,5,7-11H2,1H3,(H,25,28)(H,26,27)(H,29,30)/t12-,13+,14+,18+,19+/m1/s1. The maximum absolute atomic E-state index is 13.4. The van der Waals surface area contributed by atoms with Gasteiger partial charge in [0.05, 0.1) is 17.4 Å². The molecule has 5 atom stereocenters. The molecule has 0 radical (unpaired) electrons. The molecule has 5 aliphatic carbocycles. The van der Waals surface area contributed by atoms with Gasteiger partial charge in [-0.25, -0.2) is 0 Å². The lowest BCUT2D eigenvalue weighted by atomic mass is 9.62. The van der Waals surface area contributed by atoms with Gasteiger partial charge in [0.1, 0.15) is 5.00 Å². The molecule has 1 aromatic rings. The van der Waals surface area contributed by atoms with E-state index in [0.717, 1.165) is 56.9 Å². The van der Waals surface area contributed by atoms with Crippen LogP contribution >= 0.6 is 11.3 Å². The van der Waals surface area contributed by atoms with E-state index in [-0.39, 0.29) is 29.7 Å². The number of hydrogen-bond acceptors (Lipinski definition) is 4. The van der Waals surface area contributed by atoms with Crippen LogP contribution in [0.3, 0.4) is 0 Å². The van der Waals surface area contributed by atoms with E-state index in [1.54, 1.807) is 0 Å². The highest BCUT2D eigenvalue weighted by atomic mass is 32.1. The number of aliphatic carboxylic acids is 1. The number of carbonyl (C=O) groups is 3. The first kappa shape index (κ1) is 20.7. The van der Waals surface area contributed by atoms with E-state index in [2.05, 4.69) is 17.6 Å². The number of thiophene rings is 1. The van der Waals surface area contributed by atoms with Crippen LogP contribution in [-0.2, 0) is 22.4 Å². The fourth-order valence-corrected chi connectivity index (χ4v) is 7.06. The predicted molar refractivity (Wildman–Crippen MR) is 119 cm³/mol. The van der Waals surface area contributed by atoms with Crippen LogP contribution in [0.2, 0.25) is 0 Å². The zero-order valence-corrected chi connectivity index (χ0v) is 18.7. The Morgan fingerprint density at radius 1 is 1.06 bits per heavy atom. The smallest absolute Gasteiger partial charge is 0.307 e. The topological polar surface area (TPSA) is 95.5 Å². The SMILES string of the molecule is CC[C@@H]1CCc2c(sc(NC(=O)[C@@H]3[C@@H](C(=O)O)[C@H]4C=C[C@H]3CC4)c2C(=O)NC2CC2)C1. The molecule has 2 bridgehead atoms. The zero-order chi connectivity index (χ0) is 21.7. The summed E-state index contributed by atoms with van der Waals surface area (Å²) in [6, 6.07) is 0.245. The van der Waals surface area contributed by atoms with Crippen molar-refractivity contribution in [1.29, 1.82) is 0 Å². The van der Waals surface area contributed by atoms with Gasteiger partial charge in [-0.2, -0.15) is 0 Å². The number of allylic oxidation sites excluding steroid dienone is 2. The van der Waals surface area contributed by atoms with Gasteiger partial charge in [0.15, 0.2) is 0 Å². The minimum atomic E-state index is -0.901. The number of hydrogen-bond donors (Lipinski definition) is 3. The number of carboxylic acids is 1. The Morgan fingerprint density at radius 3 is 2.39 bits per heavy atom. The number of anilines is 1. The molecule has 1 aromatic heterocycles. The molecule has 31 heavy (non-hydrogen) atoms. The Labute approximate surface area is 186 Å². The van der Waals surface area contributed by atoms with Gasteiger partial charge in [-0.15, -0.1) is 11.3 Å². The summed E-state index contributed by atoms with van der Waals surface area (Å²) >= 11 is 1.52. The van der Waals surface area contributed by atoms with E-state index in [4.69, 9.17) is 0 Å². The summed E-state index contributed by atoms with van der Waals surface area (Å²) < 4.78 is 0. The van der Waals surface area contributed by atoms with Crippen molar-refractivity contribution in [2.75, 3.05) is 5.32 Å². The summed E-state index contributed by atoms with van der Waals surface area (Å²) in [4.78, 5) is 39.6. The molecule has 166 valence electrons. The van der Waals surface area contributed by atoms with Crippen LogP contribution in [0, 0.1) is 29.6 Å². The average molecular weight is 443 g/mol. The Hall–Kier alpha value is -2.15. The molecule has 6 rings (SSSR count). The van der Waals surface area contributed by atoms with Crippen molar-refractivity contribution in [1.82, 2.24) is 5.32 Å². The predicted octanol–water partition coefficient (Wildman–Crippen LogP) is 4.01. The minimum absolute atomic E-state index is 0.0473. The van der Waals surface area contributed by atoms with Crippen LogP contribution in [0.4, 0.5) is 5.00 Å². The van der Waals surface area contributed by atoms with Crippen LogP contribution in [0.15, 0.2) is 12.2 Å². The summed E-state index contributed by atoms with van der Waals surface area (Å²) in [6.07, 6.45) is 11.7. The number of nitrogens with one attached hydrogen (secondary N) is 2. The molecule has 5 aliphatic rings. The molecule has 0 aromatic carbocycles. The summed E-state index contributed by atoms with van der Waals surface area (Å²) in [7, 11) is 0. The number of carboxylic acid groups (broad SMARTS) is 1. The first-order valence-corrected chi connectivity index (χ1v) is 12.4. The lowest BCUT2D eigenvalue weighted by molar-refractivity contribution is -0.151. The fraction of sp³-hybridized carbons (Fsp3) is 0.625. The van der Waals surface area contributed by atoms with Gasteiger partial charge in [0.2, 0.25) is 5.91 Å². The first-order valence-electron chi connectivity index (χ1n) is 11.6. The van der Waals surface area contributed by atoms with Crippen molar-refractivity contribution in [3.05, 3.63) is 28.2 Å². The van der Waals surface area contributed by atoms with Crippen LogP contribution in [0.5, 0.6) is 0 Å². The van der Waals surface area contributed by atoms with Gasteiger partial charge < -0.3 is 15.7 Å². The van der Waals surface area contributed by atoms with E-state index in [1.165, 1.54) is 16.2 Å². The second-order valence-electron chi connectivity index (χ2n) is 9.64. The quantitative estimate of drug-likeness (QED) is 0.580. The van der Waals surface area contributed by atoms with Gasteiger partial charge in [-0.3, -0.25) is 14.4 Å². The molecule has 3 N–H and O–H groups in total. The molecule has 1 heterocycles. The van der Waals surface area contributed by atoms with Gasteiger partial charge in [0, 0.05) is 10.9 Å². The van der Waals surface area contributed by atoms with Crippen molar-refractivity contribution in [2.45, 2.75) is 64.3 Å². The van der Waals surface area contributed by atoms with Crippen LogP contribution < -0.4 is 10.6 Å². The molecule has 2 amide bonds. The van der Waals surface area contributed by atoms with Crippen LogP contribution in [-0.4, -0.2) is 28.9 Å². The highest BCUT2D eigenvalue weighted by Crippen LogP contribution is 2.46. The van der Waals surface area contributed by atoms with E-state index in [1.807, 2.05) is 12.2 Å². The van der Waals surface area contributed by atoms with E-state index in [9.17, 15) is 19.5 Å². The third-order valence-corrected chi connectivity index (χ3v) is 8.83. The molecular weight excluding hydrogens is 412 g/mol. The first-order chi connectivity index (χ1) is 15.0. The van der Waals surface area contributed by atoms with Crippen molar-refractivity contribution in [3.63, 3.8) is 0 Å². The third-order valence-electron chi connectivity index (χ3n) is 7.66. The van der Waals surface area contributed by atoms with Gasteiger partial charge in [-0.1, -0.05) is 25.5 Å². The molecule has 2 saturated carbocycles. The lowest BCUT2D eigenvalue weighted by Gasteiger charge is -2.41. The Balaban J connectivity index is 1.44. The second kappa shape index (κ2) is 8.08. The minimum Gasteiger partial charge on any atom is -0.481 e. The molecule has 7 heteroatoms. The number of fused-ring (bicyclic) bond motifs is 3. The molecule has 0 aliphatic heterocycles. The van der Waals surface area contributed by atoms with Crippen molar-refractivity contribution < 1.29 is 19.5 Å². The van der Waals surface area contributed by atoms with Crippen LogP contribution in [0.1, 0.15) is 66.2 Å². The van der Waals surface area contributed by atoms with Crippen LogP contribution in [0.25, 0.3) is 0 Å². The largest absolute Gasteiger partial charge is 0.481 e. The number of amides is 2. The third kappa shape index (κ3) is 3.81. The molecule has 6 nitrogen and oxygen atoms in total. The molecule has 0 saturated heterocycles. The molecule has 0 unspecified atom stereocenters. The Bertz CT molecular complexity index is 948. The van der Waals surface area contributed by atoms with Gasteiger partial charge in [0.25, 0.3) is 5.91 Å². The van der Waals surface area contributed by atoms with Crippen molar-refractivity contribution >= 4 is 34.1 Å². The number of rotatable bonds is 6. The highest BCUT2D eigenvalue weighted by molar-refractivity contribution is 7.17. The van der Waals surface area contributed by atoms with Crippen molar-refractivity contribution in [2.24, 2.45) is 29.6 Å².